The summed E-state index contributed by atoms with van der Waals surface area (Å²) < 4.78 is 25.6. The van der Waals surface area contributed by atoms with Crippen molar-refractivity contribution in [3.63, 3.8) is 0 Å². The topological polar surface area (TPSA) is 53.4 Å². The number of fused-ring (bicyclic) bond motifs is 2. The molecule has 0 radical (unpaired) electrons. The van der Waals surface area contributed by atoms with Gasteiger partial charge < -0.3 is 9.47 Å². The van der Waals surface area contributed by atoms with E-state index in [1.54, 1.807) is 12.1 Å². The number of benzene rings is 2. The van der Waals surface area contributed by atoms with E-state index in [9.17, 15) is 9.18 Å². The summed E-state index contributed by atoms with van der Waals surface area (Å²) in [5, 5.41) is 0.267. The first kappa shape index (κ1) is 12.8. The van der Waals surface area contributed by atoms with Crippen LogP contribution in [0, 0.1) is 5.82 Å². The van der Waals surface area contributed by atoms with E-state index in [4.69, 9.17) is 9.47 Å². The van der Waals surface area contributed by atoms with Gasteiger partial charge in [0.05, 0.1) is 18.3 Å². The van der Waals surface area contributed by atoms with Crippen LogP contribution in [0.15, 0.2) is 47.5 Å². The molecule has 2 aromatic carbocycles. The van der Waals surface area contributed by atoms with E-state index in [1.807, 2.05) is 12.1 Å². The van der Waals surface area contributed by atoms with Crippen molar-refractivity contribution in [1.82, 2.24) is 9.55 Å². The quantitative estimate of drug-likeness (QED) is 0.728. The number of rotatable bonds is 2. The van der Waals surface area contributed by atoms with Crippen LogP contribution in [0.5, 0.6) is 11.5 Å². The van der Waals surface area contributed by atoms with Crippen LogP contribution in [-0.2, 0) is 6.54 Å². The van der Waals surface area contributed by atoms with E-state index < -0.39 is 5.82 Å². The summed E-state index contributed by atoms with van der Waals surface area (Å²) >= 11 is 0. The molecule has 0 unspecified atom stereocenters. The number of nitrogens with zero attached hydrogens (tertiary/aromatic N) is 2. The van der Waals surface area contributed by atoms with Gasteiger partial charge in [-0.1, -0.05) is 12.1 Å². The summed E-state index contributed by atoms with van der Waals surface area (Å²) in [7, 11) is 0. The normalized spacial score (nSPS) is 12.8. The maximum Gasteiger partial charge on any atom is 0.261 e. The highest BCUT2D eigenvalue weighted by Crippen LogP contribution is 2.32. The second-order valence-electron chi connectivity index (χ2n) is 5.00. The van der Waals surface area contributed by atoms with Crippen molar-refractivity contribution in [2.75, 3.05) is 6.79 Å². The van der Waals surface area contributed by atoms with Gasteiger partial charge in [0.15, 0.2) is 11.5 Å². The highest BCUT2D eigenvalue weighted by molar-refractivity contribution is 5.77. The summed E-state index contributed by atoms with van der Waals surface area (Å²) in [4.78, 5) is 16.5. The molecule has 6 heteroatoms. The average Bonchev–Trinajstić information content (AvgIpc) is 2.98. The van der Waals surface area contributed by atoms with E-state index in [2.05, 4.69) is 4.98 Å². The molecule has 1 aromatic heterocycles. The molecule has 0 aliphatic carbocycles. The lowest BCUT2D eigenvalue weighted by Crippen LogP contribution is -2.21. The maximum absolute atomic E-state index is 13.6. The summed E-state index contributed by atoms with van der Waals surface area (Å²) in [6.45, 7) is 0.532. The number of halogens is 1. The first-order valence-corrected chi connectivity index (χ1v) is 6.74. The Balaban J connectivity index is 1.76. The first-order chi connectivity index (χ1) is 10.7. The number of hydrogen-bond donors (Lipinski definition) is 0. The fourth-order valence-corrected chi connectivity index (χ4v) is 2.50. The fourth-order valence-electron chi connectivity index (χ4n) is 2.50. The molecule has 2 heterocycles. The van der Waals surface area contributed by atoms with E-state index in [-0.39, 0.29) is 23.3 Å². The lowest BCUT2D eigenvalue weighted by Gasteiger charge is -2.08. The van der Waals surface area contributed by atoms with Crippen molar-refractivity contribution in [3.05, 3.63) is 64.5 Å². The monoisotopic (exact) mass is 298 g/mol. The molecule has 1 aliphatic rings. The van der Waals surface area contributed by atoms with E-state index >= 15 is 0 Å². The minimum Gasteiger partial charge on any atom is -0.454 e. The lowest BCUT2D eigenvalue weighted by atomic mass is 10.2. The standard InChI is InChI=1S/C16H11FN2O3/c17-12-3-1-2-11-15(12)18-8-19(16(11)20)7-10-4-5-13-14(6-10)22-9-21-13/h1-6,8H,7,9H2. The zero-order valence-corrected chi connectivity index (χ0v) is 11.5. The van der Waals surface area contributed by atoms with Gasteiger partial charge in [-0.15, -0.1) is 0 Å². The smallest absolute Gasteiger partial charge is 0.261 e. The molecule has 0 N–H and O–H groups in total. The van der Waals surface area contributed by atoms with Crippen molar-refractivity contribution >= 4 is 10.9 Å². The zero-order chi connectivity index (χ0) is 15.1. The molecule has 1 aliphatic heterocycles. The van der Waals surface area contributed by atoms with Crippen LogP contribution in [0.1, 0.15) is 5.56 Å². The van der Waals surface area contributed by atoms with Crippen molar-refractivity contribution < 1.29 is 13.9 Å². The van der Waals surface area contributed by atoms with Gasteiger partial charge in [0.25, 0.3) is 5.56 Å². The predicted molar refractivity (Wildman–Crippen MR) is 77.6 cm³/mol. The van der Waals surface area contributed by atoms with Gasteiger partial charge in [-0.25, -0.2) is 9.37 Å². The van der Waals surface area contributed by atoms with Gasteiger partial charge in [0.1, 0.15) is 11.3 Å². The Morgan fingerprint density at radius 3 is 2.95 bits per heavy atom. The summed E-state index contributed by atoms with van der Waals surface area (Å²) in [6, 6.07) is 9.85. The molecule has 4 rings (SSSR count). The lowest BCUT2D eigenvalue weighted by molar-refractivity contribution is 0.174. The largest absolute Gasteiger partial charge is 0.454 e. The number of hydrogen-bond acceptors (Lipinski definition) is 4. The van der Waals surface area contributed by atoms with Crippen molar-refractivity contribution in [3.8, 4) is 11.5 Å². The van der Waals surface area contributed by atoms with Gasteiger partial charge in [-0.05, 0) is 29.8 Å². The minimum absolute atomic E-state index is 0.0921. The highest BCUT2D eigenvalue weighted by Gasteiger charge is 2.14. The number of aromatic nitrogens is 2. The van der Waals surface area contributed by atoms with Crippen LogP contribution in [0.2, 0.25) is 0 Å². The van der Waals surface area contributed by atoms with Crippen LogP contribution in [0.4, 0.5) is 4.39 Å². The van der Waals surface area contributed by atoms with Crippen molar-refractivity contribution in [2.24, 2.45) is 0 Å². The third-order valence-electron chi connectivity index (χ3n) is 3.59. The third kappa shape index (κ3) is 2.00. The molecule has 0 fully saturated rings. The van der Waals surface area contributed by atoms with Crippen LogP contribution in [0.3, 0.4) is 0 Å². The van der Waals surface area contributed by atoms with Crippen LogP contribution >= 0.6 is 0 Å². The molecular weight excluding hydrogens is 287 g/mol. The Bertz CT molecular complexity index is 936. The molecule has 0 atom stereocenters. The van der Waals surface area contributed by atoms with Gasteiger partial charge in [0.2, 0.25) is 6.79 Å². The molecular formula is C16H11FN2O3. The molecule has 5 nitrogen and oxygen atoms in total. The second-order valence-corrected chi connectivity index (χ2v) is 5.00. The Morgan fingerprint density at radius 2 is 2.05 bits per heavy atom. The first-order valence-electron chi connectivity index (χ1n) is 6.74. The molecule has 0 saturated heterocycles. The zero-order valence-electron chi connectivity index (χ0n) is 11.5. The molecule has 110 valence electrons. The average molecular weight is 298 g/mol. The van der Waals surface area contributed by atoms with Crippen molar-refractivity contribution in [2.45, 2.75) is 6.54 Å². The predicted octanol–water partition coefficient (Wildman–Crippen LogP) is 2.31. The SMILES string of the molecule is O=c1c2cccc(F)c2ncn1Cc1ccc2c(c1)OCO2. The Morgan fingerprint density at radius 1 is 1.18 bits per heavy atom. The van der Waals surface area contributed by atoms with Crippen LogP contribution in [-0.4, -0.2) is 16.3 Å². The third-order valence-corrected chi connectivity index (χ3v) is 3.59. The molecule has 0 saturated carbocycles. The van der Waals surface area contributed by atoms with Crippen LogP contribution in [0.25, 0.3) is 10.9 Å². The molecule has 3 aromatic rings. The Kier molecular flexibility index (Phi) is 2.82. The molecule has 0 bridgehead atoms. The van der Waals surface area contributed by atoms with Gasteiger partial charge in [-0.2, -0.15) is 0 Å². The minimum atomic E-state index is -0.496. The van der Waals surface area contributed by atoms with Crippen LogP contribution < -0.4 is 15.0 Å². The van der Waals surface area contributed by atoms with E-state index in [1.165, 1.54) is 23.0 Å². The highest BCUT2D eigenvalue weighted by atomic mass is 19.1. The van der Waals surface area contributed by atoms with E-state index in [0.717, 1.165) is 5.56 Å². The Labute approximate surface area is 124 Å². The maximum atomic E-state index is 13.6. The fraction of sp³-hybridized carbons (Fsp3) is 0.125. The van der Waals surface area contributed by atoms with Crippen molar-refractivity contribution in [1.29, 1.82) is 0 Å². The van der Waals surface area contributed by atoms with E-state index in [0.29, 0.717) is 18.0 Å². The van der Waals surface area contributed by atoms with Gasteiger partial charge in [-0.3, -0.25) is 9.36 Å². The number of para-hydroxylation sites is 1. The number of ether oxygens (including phenoxy) is 2. The molecule has 22 heavy (non-hydrogen) atoms. The van der Waals surface area contributed by atoms with Gasteiger partial charge in [0, 0.05) is 0 Å². The Hall–Kier alpha value is -2.89. The second kappa shape index (κ2) is 4.84. The summed E-state index contributed by atoms with van der Waals surface area (Å²) in [6.07, 6.45) is 1.36. The molecule has 0 spiro atoms. The summed E-state index contributed by atoms with van der Waals surface area (Å²) in [5.41, 5.74) is 0.695. The van der Waals surface area contributed by atoms with Gasteiger partial charge >= 0.3 is 0 Å². The summed E-state index contributed by atoms with van der Waals surface area (Å²) in [5.74, 6) is 0.852. The molecule has 0 amide bonds.